The van der Waals surface area contributed by atoms with Crippen LogP contribution in [-0.4, -0.2) is 33.0 Å². The van der Waals surface area contributed by atoms with Crippen molar-refractivity contribution in [3.63, 3.8) is 0 Å². The van der Waals surface area contributed by atoms with Gasteiger partial charge in [-0.05, 0) is 24.6 Å². The van der Waals surface area contributed by atoms with E-state index >= 15 is 0 Å². The van der Waals surface area contributed by atoms with Crippen LogP contribution in [-0.2, 0) is 9.53 Å². The number of aromatic nitrogens is 3. The molecule has 2 N–H and O–H groups in total. The lowest BCUT2D eigenvalue weighted by Crippen LogP contribution is -2.29. The number of rotatable bonds is 2. The highest BCUT2D eigenvalue weighted by Gasteiger charge is 2.34. The molecule has 1 atom stereocenters. The Kier molecular flexibility index (Phi) is 3.09. The molecular formula is C14H14N4O3. The second-order valence-electron chi connectivity index (χ2n) is 4.68. The molecule has 0 unspecified atom stereocenters. The molecule has 2 aromatic rings. The Labute approximate surface area is 120 Å². The maximum absolute atomic E-state index is 12.1. The number of esters is 1. The van der Waals surface area contributed by atoms with E-state index in [-0.39, 0.29) is 5.75 Å². The average Bonchev–Trinajstić information content (AvgIpc) is 2.92. The molecule has 1 aromatic carbocycles. The molecule has 0 amide bonds. The van der Waals surface area contributed by atoms with Gasteiger partial charge in [-0.25, -0.2) is 9.48 Å². The van der Waals surface area contributed by atoms with Gasteiger partial charge < -0.3 is 15.2 Å². The summed E-state index contributed by atoms with van der Waals surface area (Å²) in [6.07, 6.45) is 1.41. The summed E-state index contributed by atoms with van der Waals surface area (Å²) in [5.41, 5.74) is 1.81. The van der Waals surface area contributed by atoms with Gasteiger partial charge in [-0.3, -0.25) is 0 Å². The van der Waals surface area contributed by atoms with Crippen molar-refractivity contribution in [3.05, 3.63) is 47.4 Å². The Morgan fingerprint density at radius 3 is 3.00 bits per heavy atom. The zero-order chi connectivity index (χ0) is 15.0. The number of nitrogens with one attached hydrogen (secondary N) is 1. The lowest BCUT2D eigenvalue weighted by molar-refractivity contribution is -0.136. The number of carbonyl (C=O) groups excluding carboxylic acids is 1. The lowest BCUT2D eigenvalue weighted by atomic mass is 9.95. The van der Waals surface area contributed by atoms with Crippen LogP contribution < -0.4 is 5.32 Å². The van der Waals surface area contributed by atoms with Crippen LogP contribution in [0.5, 0.6) is 5.75 Å². The summed E-state index contributed by atoms with van der Waals surface area (Å²) in [7, 11) is 1.33. The van der Waals surface area contributed by atoms with Crippen molar-refractivity contribution in [2.24, 2.45) is 0 Å². The molecule has 1 aromatic heterocycles. The van der Waals surface area contributed by atoms with E-state index in [1.807, 2.05) is 6.07 Å². The Balaban J connectivity index is 2.20. The summed E-state index contributed by atoms with van der Waals surface area (Å²) in [6.45, 7) is 1.78. The van der Waals surface area contributed by atoms with Crippen molar-refractivity contribution < 1.29 is 14.6 Å². The van der Waals surface area contributed by atoms with Crippen LogP contribution >= 0.6 is 0 Å². The van der Waals surface area contributed by atoms with Gasteiger partial charge in [-0.1, -0.05) is 12.1 Å². The van der Waals surface area contributed by atoms with Crippen molar-refractivity contribution in [2.45, 2.75) is 13.0 Å². The summed E-state index contributed by atoms with van der Waals surface area (Å²) in [6, 6.07) is 6.20. The minimum absolute atomic E-state index is 0.120. The Morgan fingerprint density at radius 2 is 2.29 bits per heavy atom. The topological polar surface area (TPSA) is 89.3 Å². The highest BCUT2D eigenvalue weighted by Crippen LogP contribution is 2.35. The van der Waals surface area contributed by atoms with E-state index in [2.05, 4.69) is 15.4 Å². The molecular weight excluding hydrogens is 272 g/mol. The van der Waals surface area contributed by atoms with Gasteiger partial charge >= 0.3 is 5.97 Å². The number of hydrogen-bond acceptors (Lipinski definition) is 6. The quantitative estimate of drug-likeness (QED) is 0.812. The van der Waals surface area contributed by atoms with Crippen LogP contribution in [0.25, 0.3) is 0 Å². The Morgan fingerprint density at radius 1 is 1.48 bits per heavy atom. The molecule has 1 aliphatic heterocycles. The second-order valence-corrected chi connectivity index (χ2v) is 4.68. The number of nitrogens with zero attached hydrogens (tertiary/aromatic N) is 3. The molecule has 0 saturated heterocycles. The highest BCUT2D eigenvalue weighted by molar-refractivity contribution is 5.92. The summed E-state index contributed by atoms with van der Waals surface area (Å²) in [4.78, 5) is 16.3. The number of methoxy groups -OCH3 is 1. The van der Waals surface area contributed by atoms with E-state index in [1.165, 1.54) is 13.4 Å². The summed E-state index contributed by atoms with van der Waals surface area (Å²) < 4.78 is 6.46. The van der Waals surface area contributed by atoms with E-state index < -0.39 is 12.0 Å². The van der Waals surface area contributed by atoms with Gasteiger partial charge in [0.25, 0.3) is 0 Å². The van der Waals surface area contributed by atoms with Gasteiger partial charge in [0.2, 0.25) is 5.95 Å². The number of hydrogen-bond donors (Lipinski definition) is 2. The molecule has 0 spiro atoms. The smallest absolute Gasteiger partial charge is 0.338 e. The molecule has 7 heteroatoms. The zero-order valence-electron chi connectivity index (χ0n) is 11.6. The Bertz CT molecular complexity index is 735. The van der Waals surface area contributed by atoms with Gasteiger partial charge in [-0.2, -0.15) is 10.1 Å². The van der Waals surface area contributed by atoms with Crippen molar-refractivity contribution in [1.82, 2.24) is 14.8 Å². The van der Waals surface area contributed by atoms with Crippen LogP contribution in [0.1, 0.15) is 18.5 Å². The zero-order valence-corrected chi connectivity index (χ0v) is 11.6. The molecule has 1 aliphatic rings. The molecule has 0 aliphatic carbocycles. The third kappa shape index (κ3) is 2.12. The molecule has 0 saturated carbocycles. The number of phenolic OH excluding ortho intramolecular Hbond substituents is 1. The molecule has 0 bridgehead atoms. The van der Waals surface area contributed by atoms with Crippen LogP contribution in [0.3, 0.4) is 0 Å². The number of benzene rings is 1. The first-order chi connectivity index (χ1) is 10.1. The van der Waals surface area contributed by atoms with Gasteiger partial charge in [-0.15, -0.1) is 0 Å². The van der Waals surface area contributed by atoms with E-state index in [9.17, 15) is 9.90 Å². The normalized spacial score (nSPS) is 17.1. The molecule has 21 heavy (non-hydrogen) atoms. The van der Waals surface area contributed by atoms with Crippen LogP contribution in [0.2, 0.25) is 0 Å². The maximum Gasteiger partial charge on any atom is 0.338 e. The monoisotopic (exact) mass is 286 g/mol. The fourth-order valence-corrected chi connectivity index (χ4v) is 2.47. The van der Waals surface area contributed by atoms with Crippen molar-refractivity contribution >= 4 is 11.9 Å². The van der Waals surface area contributed by atoms with Crippen LogP contribution in [0.15, 0.2) is 41.9 Å². The molecule has 0 radical (unpaired) electrons. The number of carbonyl (C=O) groups is 1. The largest absolute Gasteiger partial charge is 0.508 e. The number of anilines is 1. The Hall–Kier alpha value is -2.83. The first kappa shape index (κ1) is 13.2. The van der Waals surface area contributed by atoms with E-state index in [0.29, 0.717) is 17.2 Å². The van der Waals surface area contributed by atoms with E-state index in [4.69, 9.17) is 4.74 Å². The summed E-state index contributed by atoms with van der Waals surface area (Å²) >= 11 is 0. The van der Waals surface area contributed by atoms with E-state index in [1.54, 1.807) is 29.8 Å². The fraction of sp³-hybridized carbons (Fsp3) is 0.214. The first-order valence-corrected chi connectivity index (χ1v) is 6.36. The minimum atomic E-state index is -0.497. The fourth-order valence-electron chi connectivity index (χ4n) is 2.47. The van der Waals surface area contributed by atoms with Crippen molar-refractivity contribution in [2.75, 3.05) is 12.4 Å². The lowest BCUT2D eigenvalue weighted by Gasteiger charge is -2.27. The SMILES string of the molecule is COC(=O)C1=C(C)Nc2ncnn2[C@@H]1c1cccc(O)c1. The molecule has 0 fully saturated rings. The predicted octanol–water partition coefficient (Wildman–Crippen LogP) is 1.45. The van der Waals surface area contributed by atoms with Gasteiger partial charge in [0, 0.05) is 5.70 Å². The van der Waals surface area contributed by atoms with Crippen molar-refractivity contribution in [3.8, 4) is 5.75 Å². The van der Waals surface area contributed by atoms with Crippen LogP contribution in [0.4, 0.5) is 5.95 Å². The standard InChI is InChI=1S/C14H14N4O3/c1-8-11(13(20)21-2)12(9-4-3-5-10(19)6-9)18-14(17-8)15-7-16-18/h3-7,12,19H,1-2H3,(H,15,16,17)/t12-/m1/s1. The first-order valence-electron chi connectivity index (χ1n) is 6.36. The minimum Gasteiger partial charge on any atom is -0.508 e. The molecule has 108 valence electrons. The number of phenols is 1. The molecule has 3 rings (SSSR count). The number of allylic oxidation sites excluding steroid dienone is 1. The third-order valence-electron chi connectivity index (χ3n) is 3.39. The van der Waals surface area contributed by atoms with Crippen LogP contribution in [0, 0.1) is 0 Å². The molecule has 2 heterocycles. The highest BCUT2D eigenvalue weighted by atomic mass is 16.5. The second kappa shape index (κ2) is 4.93. The van der Waals surface area contributed by atoms with Gasteiger partial charge in [0.05, 0.1) is 12.7 Å². The van der Waals surface area contributed by atoms with Crippen molar-refractivity contribution in [1.29, 1.82) is 0 Å². The predicted molar refractivity (Wildman–Crippen MR) is 74.6 cm³/mol. The van der Waals surface area contributed by atoms with Gasteiger partial charge in [0.15, 0.2) is 0 Å². The average molecular weight is 286 g/mol. The summed E-state index contributed by atoms with van der Waals surface area (Å²) in [5.74, 6) is 0.206. The number of aromatic hydroxyl groups is 1. The van der Waals surface area contributed by atoms with E-state index in [0.717, 1.165) is 5.56 Å². The number of fused-ring (bicyclic) bond motifs is 1. The third-order valence-corrected chi connectivity index (χ3v) is 3.39. The maximum atomic E-state index is 12.1. The number of ether oxygens (including phenoxy) is 1. The van der Waals surface area contributed by atoms with Gasteiger partial charge in [0.1, 0.15) is 18.1 Å². The summed E-state index contributed by atoms with van der Waals surface area (Å²) in [5, 5.41) is 16.9. The molecule has 7 nitrogen and oxygen atoms in total.